The third-order valence-electron chi connectivity index (χ3n) is 4.43. The highest BCUT2D eigenvalue weighted by Gasteiger charge is 2.16. The number of likely N-dealkylation sites (N-methyl/N-ethyl adjacent to an activating group) is 1. The summed E-state index contributed by atoms with van der Waals surface area (Å²) in [6.45, 7) is 2.41. The molecule has 150 valence electrons. The summed E-state index contributed by atoms with van der Waals surface area (Å²) in [5.41, 5.74) is -0.0193. The molecule has 29 heavy (non-hydrogen) atoms. The standard InChI is InChI=1S/C21H21N3O5/c1-3-29-15-10-8-14(9-11-15)12-23(2)18(25)13-24-20(26)17-7-5-4-6-16(17)19(22-24)21(27)28/h4-11H,3,12-13H2,1-2H3,(H,27,28)/p-1. The van der Waals surface area contributed by atoms with E-state index in [-0.39, 0.29) is 28.9 Å². The number of amides is 1. The van der Waals surface area contributed by atoms with Gasteiger partial charge in [0.15, 0.2) is 0 Å². The number of nitrogens with zero attached hydrogens (tertiary/aromatic N) is 3. The van der Waals surface area contributed by atoms with Crippen molar-refractivity contribution in [2.75, 3.05) is 13.7 Å². The molecule has 0 N–H and O–H groups in total. The van der Waals surface area contributed by atoms with Crippen molar-refractivity contribution in [3.05, 3.63) is 70.1 Å². The van der Waals surface area contributed by atoms with E-state index in [1.807, 2.05) is 31.2 Å². The summed E-state index contributed by atoms with van der Waals surface area (Å²) in [7, 11) is 1.60. The lowest BCUT2D eigenvalue weighted by atomic mass is 10.1. The number of aromatic nitrogens is 2. The van der Waals surface area contributed by atoms with E-state index in [0.717, 1.165) is 16.0 Å². The van der Waals surface area contributed by atoms with Crippen molar-refractivity contribution in [3.63, 3.8) is 0 Å². The molecule has 0 atom stereocenters. The second-order valence-corrected chi connectivity index (χ2v) is 6.47. The third-order valence-corrected chi connectivity index (χ3v) is 4.43. The molecule has 3 aromatic rings. The summed E-state index contributed by atoms with van der Waals surface area (Å²) in [4.78, 5) is 38.1. The van der Waals surface area contributed by atoms with Crippen molar-refractivity contribution in [2.24, 2.45) is 0 Å². The maximum atomic E-state index is 12.6. The first-order valence-electron chi connectivity index (χ1n) is 9.07. The zero-order valence-electron chi connectivity index (χ0n) is 16.1. The zero-order chi connectivity index (χ0) is 21.0. The molecule has 0 saturated carbocycles. The fraction of sp³-hybridized carbons (Fsp3) is 0.238. The van der Waals surface area contributed by atoms with E-state index in [4.69, 9.17) is 4.74 Å². The van der Waals surface area contributed by atoms with Crippen LogP contribution in [-0.2, 0) is 17.9 Å². The van der Waals surface area contributed by atoms with Gasteiger partial charge in [-0.15, -0.1) is 0 Å². The predicted molar refractivity (Wildman–Crippen MR) is 104 cm³/mol. The Balaban J connectivity index is 1.81. The van der Waals surface area contributed by atoms with Gasteiger partial charge in [0.25, 0.3) is 5.56 Å². The van der Waals surface area contributed by atoms with Gasteiger partial charge in [-0.25, -0.2) is 4.68 Å². The molecule has 0 aliphatic heterocycles. The molecule has 1 amide bonds. The molecule has 2 aromatic carbocycles. The maximum Gasteiger partial charge on any atom is 0.275 e. The van der Waals surface area contributed by atoms with Crippen LogP contribution >= 0.6 is 0 Å². The minimum absolute atomic E-state index is 0.170. The van der Waals surface area contributed by atoms with Gasteiger partial charge in [0.2, 0.25) is 5.91 Å². The highest BCUT2D eigenvalue weighted by molar-refractivity contribution is 6.00. The Hall–Kier alpha value is -3.68. The fourth-order valence-corrected chi connectivity index (χ4v) is 2.96. The summed E-state index contributed by atoms with van der Waals surface area (Å²) in [6, 6.07) is 13.5. The lowest BCUT2D eigenvalue weighted by Crippen LogP contribution is -2.37. The zero-order valence-corrected chi connectivity index (χ0v) is 16.1. The van der Waals surface area contributed by atoms with Crippen molar-refractivity contribution < 1.29 is 19.4 Å². The maximum absolute atomic E-state index is 12.6. The third kappa shape index (κ3) is 4.43. The van der Waals surface area contributed by atoms with Crippen molar-refractivity contribution >= 4 is 22.6 Å². The smallest absolute Gasteiger partial charge is 0.275 e. The van der Waals surface area contributed by atoms with Crippen LogP contribution in [0.3, 0.4) is 0 Å². The van der Waals surface area contributed by atoms with E-state index in [9.17, 15) is 19.5 Å². The first-order chi connectivity index (χ1) is 13.9. The fourth-order valence-electron chi connectivity index (χ4n) is 2.96. The average Bonchev–Trinajstić information content (AvgIpc) is 2.71. The quantitative estimate of drug-likeness (QED) is 0.588. The SMILES string of the molecule is CCOc1ccc(CN(C)C(=O)Cn2nc(C(=O)[O-])c3ccccc3c2=O)cc1. The number of hydrogen-bond donors (Lipinski definition) is 0. The molecule has 8 heteroatoms. The molecule has 0 spiro atoms. The Morgan fingerprint density at radius 1 is 1.10 bits per heavy atom. The van der Waals surface area contributed by atoms with Gasteiger partial charge in [0, 0.05) is 19.0 Å². The predicted octanol–water partition coefficient (Wildman–Crippen LogP) is 0.817. The monoisotopic (exact) mass is 394 g/mol. The number of carboxylic acid groups (broad SMARTS) is 1. The van der Waals surface area contributed by atoms with Gasteiger partial charge in [-0.1, -0.05) is 30.3 Å². The highest BCUT2D eigenvalue weighted by Crippen LogP contribution is 2.14. The van der Waals surface area contributed by atoms with Crippen molar-refractivity contribution in [2.45, 2.75) is 20.0 Å². The number of carboxylic acids is 1. The number of rotatable bonds is 7. The van der Waals surface area contributed by atoms with Crippen LogP contribution in [-0.4, -0.2) is 40.2 Å². The molecule has 0 fully saturated rings. The minimum atomic E-state index is -1.51. The molecule has 0 bridgehead atoms. The Morgan fingerprint density at radius 3 is 2.38 bits per heavy atom. The molecule has 0 aliphatic carbocycles. The number of hydrogen-bond acceptors (Lipinski definition) is 6. The molecule has 0 unspecified atom stereocenters. The highest BCUT2D eigenvalue weighted by atomic mass is 16.5. The number of benzene rings is 2. The van der Waals surface area contributed by atoms with E-state index >= 15 is 0 Å². The summed E-state index contributed by atoms with van der Waals surface area (Å²) >= 11 is 0. The van der Waals surface area contributed by atoms with Gasteiger partial charge in [0.05, 0.1) is 18.0 Å². The molecule has 3 rings (SSSR count). The lowest BCUT2D eigenvalue weighted by Gasteiger charge is -2.18. The van der Waals surface area contributed by atoms with Gasteiger partial charge in [-0.3, -0.25) is 9.59 Å². The van der Waals surface area contributed by atoms with Crippen LogP contribution in [0.15, 0.2) is 53.3 Å². The van der Waals surface area contributed by atoms with Gasteiger partial charge >= 0.3 is 0 Å². The molecular formula is C21H20N3O5-. The van der Waals surface area contributed by atoms with Gasteiger partial charge in [0.1, 0.15) is 18.0 Å². The molecule has 0 aliphatic rings. The second kappa shape index (κ2) is 8.55. The normalized spacial score (nSPS) is 10.7. The first-order valence-corrected chi connectivity index (χ1v) is 9.07. The van der Waals surface area contributed by atoms with Gasteiger partial charge in [-0.05, 0) is 30.7 Å². The van der Waals surface area contributed by atoms with E-state index in [1.165, 1.54) is 17.0 Å². The summed E-state index contributed by atoms with van der Waals surface area (Å²) in [6.07, 6.45) is 0. The topological polar surface area (TPSA) is 105 Å². The number of aromatic carboxylic acids is 1. The van der Waals surface area contributed by atoms with E-state index < -0.39 is 11.5 Å². The summed E-state index contributed by atoms with van der Waals surface area (Å²) < 4.78 is 6.26. The number of carbonyl (C=O) groups excluding carboxylic acids is 2. The van der Waals surface area contributed by atoms with Gasteiger partial charge in [-0.2, -0.15) is 5.10 Å². The van der Waals surface area contributed by atoms with E-state index in [0.29, 0.717) is 13.2 Å². The molecule has 1 aromatic heterocycles. The molecule has 0 radical (unpaired) electrons. The van der Waals surface area contributed by atoms with Crippen LogP contribution in [0.2, 0.25) is 0 Å². The first kappa shape index (κ1) is 20.1. The van der Waals surface area contributed by atoms with Crippen molar-refractivity contribution in [1.29, 1.82) is 0 Å². The number of ether oxygens (including phenoxy) is 1. The molecule has 1 heterocycles. The minimum Gasteiger partial charge on any atom is -0.543 e. The van der Waals surface area contributed by atoms with E-state index in [2.05, 4.69) is 5.10 Å². The Kier molecular flexibility index (Phi) is 5.92. The summed E-state index contributed by atoms with van der Waals surface area (Å²) in [5.74, 6) is -1.15. The second-order valence-electron chi connectivity index (χ2n) is 6.47. The van der Waals surface area contributed by atoms with Crippen LogP contribution in [0, 0.1) is 0 Å². The van der Waals surface area contributed by atoms with Crippen molar-refractivity contribution in [3.8, 4) is 5.75 Å². The van der Waals surface area contributed by atoms with Crippen molar-refractivity contribution in [1.82, 2.24) is 14.7 Å². The van der Waals surface area contributed by atoms with Crippen LogP contribution in [0.1, 0.15) is 23.0 Å². The van der Waals surface area contributed by atoms with E-state index in [1.54, 1.807) is 19.2 Å². The Labute approximate surface area is 166 Å². The van der Waals surface area contributed by atoms with Crippen LogP contribution < -0.4 is 15.4 Å². The Bertz CT molecular complexity index is 1110. The number of fused-ring (bicyclic) bond motifs is 1. The lowest BCUT2D eigenvalue weighted by molar-refractivity contribution is -0.255. The Morgan fingerprint density at radius 2 is 1.76 bits per heavy atom. The molecular weight excluding hydrogens is 374 g/mol. The van der Waals surface area contributed by atoms with Crippen LogP contribution in [0.5, 0.6) is 5.75 Å². The molecule has 8 nitrogen and oxygen atoms in total. The van der Waals surface area contributed by atoms with Crippen LogP contribution in [0.25, 0.3) is 10.8 Å². The number of carbonyl (C=O) groups is 2. The largest absolute Gasteiger partial charge is 0.543 e. The summed E-state index contributed by atoms with van der Waals surface area (Å²) in [5, 5.41) is 15.6. The van der Waals surface area contributed by atoms with Gasteiger partial charge < -0.3 is 19.5 Å². The molecule has 0 saturated heterocycles. The van der Waals surface area contributed by atoms with Crippen LogP contribution in [0.4, 0.5) is 0 Å². The average molecular weight is 394 g/mol.